The maximum atomic E-state index is 9.43. The summed E-state index contributed by atoms with van der Waals surface area (Å²) in [6.45, 7) is 2.19. The molecule has 1 heterocycles. The molecule has 0 aromatic carbocycles. The quantitative estimate of drug-likeness (QED) is 0.772. The molecule has 2 rings (SSSR count). The highest BCUT2D eigenvalue weighted by Gasteiger charge is 2.39. The van der Waals surface area contributed by atoms with E-state index < -0.39 is 0 Å². The predicted molar refractivity (Wildman–Crippen MR) is 66.4 cm³/mol. The molecule has 1 aromatic heterocycles. The van der Waals surface area contributed by atoms with Crippen molar-refractivity contribution in [1.82, 2.24) is 9.97 Å². The van der Waals surface area contributed by atoms with E-state index in [2.05, 4.69) is 23.0 Å². The van der Waals surface area contributed by atoms with E-state index in [1.807, 2.05) is 6.07 Å². The monoisotopic (exact) mass is 249 g/mol. The van der Waals surface area contributed by atoms with E-state index in [1.165, 1.54) is 0 Å². The Morgan fingerprint density at radius 1 is 1.65 bits per heavy atom. The maximum Gasteiger partial charge on any atom is 0.222 e. The van der Waals surface area contributed by atoms with Crippen molar-refractivity contribution < 1.29 is 0 Å². The molecule has 2 atom stereocenters. The minimum Gasteiger partial charge on any atom is -0.227 e. The fraction of sp³-hybridized carbons (Fsp3) is 0.615. The molecule has 0 saturated heterocycles. The van der Waals surface area contributed by atoms with Gasteiger partial charge in [-0.1, -0.05) is 13.3 Å². The first-order chi connectivity index (χ1) is 8.17. The van der Waals surface area contributed by atoms with E-state index in [0.29, 0.717) is 12.3 Å². The van der Waals surface area contributed by atoms with Gasteiger partial charge >= 0.3 is 0 Å². The van der Waals surface area contributed by atoms with Gasteiger partial charge < -0.3 is 0 Å². The molecular formula is C13H16ClN3. The molecule has 0 bridgehead atoms. The van der Waals surface area contributed by atoms with E-state index in [-0.39, 0.29) is 10.7 Å². The summed E-state index contributed by atoms with van der Waals surface area (Å²) in [7, 11) is 0. The van der Waals surface area contributed by atoms with Crippen molar-refractivity contribution in [3.63, 3.8) is 0 Å². The molecule has 1 aliphatic rings. The number of rotatable bonds is 3. The molecule has 1 fully saturated rings. The Labute approximate surface area is 107 Å². The van der Waals surface area contributed by atoms with Gasteiger partial charge in [0.15, 0.2) is 0 Å². The Morgan fingerprint density at radius 3 is 3.06 bits per heavy atom. The first kappa shape index (κ1) is 12.3. The molecule has 90 valence electrons. The van der Waals surface area contributed by atoms with Crippen molar-refractivity contribution in [2.75, 3.05) is 0 Å². The average molecular weight is 250 g/mol. The number of aromatic nitrogens is 2. The fourth-order valence-corrected chi connectivity index (χ4v) is 2.87. The zero-order valence-electron chi connectivity index (χ0n) is 9.99. The topological polar surface area (TPSA) is 49.6 Å². The lowest BCUT2D eigenvalue weighted by Gasteiger charge is -2.20. The lowest BCUT2D eigenvalue weighted by atomic mass is 9.82. The summed E-state index contributed by atoms with van der Waals surface area (Å²) < 4.78 is 0. The molecule has 0 amide bonds. The molecule has 4 heteroatoms. The zero-order valence-corrected chi connectivity index (χ0v) is 10.7. The van der Waals surface area contributed by atoms with Gasteiger partial charge in [-0.3, -0.25) is 0 Å². The third kappa shape index (κ3) is 2.76. The summed E-state index contributed by atoms with van der Waals surface area (Å²) in [6.07, 6.45) is 6.63. The Hall–Kier alpha value is -1.14. The number of nitriles is 1. The van der Waals surface area contributed by atoms with Gasteiger partial charge in [0.05, 0.1) is 11.5 Å². The predicted octanol–water partition coefficient (Wildman–Crippen LogP) is 3.39. The van der Waals surface area contributed by atoms with Crippen LogP contribution in [0.25, 0.3) is 0 Å². The van der Waals surface area contributed by atoms with Crippen LogP contribution in [0, 0.1) is 22.7 Å². The van der Waals surface area contributed by atoms with Gasteiger partial charge in [-0.05, 0) is 42.8 Å². The zero-order chi connectivity index (χ0) is 12.3. The van der Waals surface area contributed by atoms with E-state index in [4.69, 9.17) is 11.6 Å². The highest BCUT2D eigenvalue weighted by atomic mass is 35.5. The summed E-state index contributed by atoms with van der Waals surface area (Å²) in [5.74, 6) is 0.687. The van der Waals surface area contributed by atoms with Crippen molar-refractivity contribution in [3.05, 3.63) is 23.2 Å². The summed E-state index contributed by atoms with van der Waals surface area (Å²) in [5.41, 5.74) is 0.640. The van der Waals surface area contributed by atoms with Gasteiger partial charge in [-0.15, -0.1) is 0 Å². The van der Waals surface area contributed by atoms with Crippen LogP contribution in [-0.4, -0.2) is 9.97 Å². The summed E-state index contributed by atoms with van der Waals surface area (Å²) in [4.78, 5) is 8.05. The van der Waals surface area contributed by atoms with Gasteiger partial charge in [-0.2, -0.15) is 5.26 Å². The molecule has 0 spiro atoms. The van der Waals surface area contributed by atoms with Crippen LogP contribution < -0.4 is 0 Å². The molecular weight excluding hydrogens is 234 g/mol. The average Bonchev–Trinajstić information content (AvgIpc) is 2.73. The Bertz CT molecular complexity index is 441. The number of hydrogen-bond acceptors (Lipinski definition) is 3. The van der Waals surface area contributed by atoms with Crippen LogP contribution in [0.4, 0.5) is 0 Å². The smallest absolute Gasteiger partial charge is 0.222 e. The SMILES string of the molecule is CCC1CCC(C#N)(Cc2ccnc(Cl)n2)C1. The second kappa shape index (κ2) is 5.01. The lowest BCUT2D eigenvalue weighted by molar-refractivity contribution is 0.377. The van der Waals surface area contributed by atoms with Crippen molar-refractivity contribution in [1.29, 1.82) is 5.26 Å². The summed E-state index contributed by atoms with van der Waals surface area (Å²) in [5, 5.41) is 9.70. The number of halogens is 1. The second-order valence-corrected chi connectivity index (χ2v) is 5.24. The third-order valence-electron chi connectivity index (χ3n) is 3.73. The van der Waals surface area contributed by atoms with Gasteiger partial charge in [0.1, 0.15) is 0 Å². The van der Waals surface area contributed by atoms with Crippen molar-refractivity contribution >= 4 is 11.6 Å². The van der Waals surface area contributed by atoms with Crippen LogP contribution in [0.15, 0.2) is 12.3 Å². The summed E-state index contributed by atoms with van der Waals surface area (Å²) >= 11 is 5.77. The molecule has 0 N–H and O–H groups in total. The Morgan fingerprint density at radius 2 is 2.47 bits per heavy atom. The highest BCUT2D eigenvalue weighted by Crippen LogP contribution is 2.44. The van der Waals surface area contributed by atoms with Crippen LogP contribution in [0.2, 0.25) is 5.28 Å². The minimum atomic E-state index is -0.238. The number of nitrogens with zero attached hydrogens (tertiary/aromatic N) is 3. The van der Waals surface area contributed by atoms with E-state index in [0.717, 1.165) is 31.4 Å². The van der Waals surface area contributed by atoms with Crippen molar-refractivity contribution in [2.45, 2.75) is 39.0 Å². The molecule has 1 saturated carbocycles. The number of hydrogen-bond donors (Lipinski definition) is 0. The van der Waals surface area contributed by atoms with Crippen molar-refractivity contribution in [2.24, 2.45) is 11.3 Å². The van der Waals surface area contributed by atoms with Crippen LogP contribution >= 0.6 is 11.6 Å². The van der Waals surface area contributed by atoms with E-state index in [1.54, 1.807) is 6.20 Å². The van der Waals surface area contributed by atoms with Gasteiger partial charge in [0, 0.05) is 18.3 Å². The molecule has 1 aromatic rings. The molecule has 1 aliphatic carbocycles. The largest absolute Gasteiger partial charge is 0.227 e. The lowest BCUT2D eigenvalue weighted by Crippen LogP contribution is -2.18. The third-order valence-corrected chi connectivity index (χ3v) is 3.91. The van der Waals surface area contributed by atoms with E-state index in [9.17, 15) is 5.26 Å². The maximum absolute atomic E-state index is 9.43. The van der Waals surface area contributed by atoms with Crippen LogP contribution in [0.1, 0.15) is 38.3 Å². The van der Waals surface area contributed by atoms with Crippen LogP contribution in [0.5, 0.6) is 0 Å². The van der Waals surface area contributed by atoms with E-state index >= 15 is 0 Å². The molecule has 17 heavy (non-hydrogen) atoms. The van der Waals surface area contributed by atoms with Crippen LogP contribution in [-0.2, 0) is 6.42 Å². The molecule has 0 radical (unpaired) electrons. The van der Waals surface area contributed by atoms with Crippen molar-refractivity contribution in [3.8, 4) is 6.07 Å². The van der Waals surface area contributed by atoms with Crippen LogP contribution in [0.3, 0.4) is 0 Å². The Kier molecular flexibility index (Phi) is 3.63. The molecule has 2 unspecified atom stereocenters. The second-order valence-electron chi connectivity index (χ2n) is 4.90. The first-order valence-corrected chi connectivity index (χ1v) is 6.44. The fourth-order valence-electron chi connectivity index (χ4n) is 2.70. The van der Waals surface area contributed by atoms with Gasteiger partial charge in [0.25, 0.3) is 0 Å². The summed E-state index contributed by atoms with van der Waals surface area (Å²) in [6, 6.07) is 4.36. The standard InChI is InChI=1S/C13H16ClN3/c1-2-10-3-5-13(7-10,9-15)8-11-4-6-16-12(14)17-11/h4,6,10H,2-3,5,7-8H2,1H3. The molecule has 3 nitrogen and oxygen atoms in total. The Balaban J connectivity index is 2.14. The normalized spacial score (nSPS) is 27.9. The molecule has 0 aliphatic heterocycles. The first-order valence-electron chi connectivity index (χ1n) is 6.06. The van der Waals surface area contributed by atoms with Gasteiger partial charge in [0.2, 0.25) is 5.28 Å². The highest BCUT2D eigenvalue weighted by molar-refractivity contribution is 6.28. The minimum absolute atomic E-state index is 0.238. The van der Waals surface area contributed by atoms with Gasteiger partial charge in [-0.25, -0.2) is 9.97 Å².